The smallest absolute Gasteiger partial charge is 0.155 e. The Kier molecular flexibility index (Phi) is 5.31. The van der Waals surface area contributed by atoms with Gasteiger partial charge in [0.05, 0.1) is 5.69 Å². The minimum Gasteiger partial charge on any atom is -0.507 e. The molecular formula is C21H22ClNO6. The maximum Gasteiger partial charge on any atom is 0.155 e. The van der Waals surface area contributed by atoms with Crippen molar-refractivity contribution in [3.05, 3.63) is 64.4 Å². The van der Waals surface area contributed by atoms with Gasteiger partial charge < -0.3 is 35.2 Å². The van der Waals surface area contributed by atoms with Gasteiger partial charge in [-0.25, -0.2) is 0 Å². The number of hydrogen-bond donors (Lipinski definition) is 5. The average Bonchev–Trinajstić information content (AvgIpc) is 2.71. The summed E-state index contributed by atoms with van der Waals surface area (Å²) >= 11 is 6.34. The van der Waals surface area contributed by atoms with Crippen molar-refractivity contribution in [2.45, 2.75) is 30.8 Å². The van der Waals surface area contributed by atoms with Gasteiger partial charge in [-0.2, -0.15) is 0 Å². The predicted octanol–water partition coefficient (Wildman–Crippen LogP) is 2.11. The number of aromatic hydroxyl groups is 1. The van der Waals surface area contributed by atoms with Crippen molar-refractivity contribution in [2.75, 3.05) is 18.5 Å². The Morgan fingerprint density at radius 2 is 1.93 bits per heavy atom. The predicted molar refractivity (Wildman–Crippen MR) is 107 cm³/mol. The average molecular weight is 420 g/mol. The molecule has 0 aromatic heterocycles. The zero-order valence-corrected chi connectivity index (χ0v) is 16.3. The van der Waals surface area contributed by atoms with E-state index in [1.54, 1.807) is 6.07 Å². The van der Waals surface area contributed by atoms with Gasteiger partial charge in [-0.15, -0.1) is 0 Å². The standard InChI is InChI=1S/C21H22ClNO6/c1-10-18(25)19(26)20(27)21(29-10)13-8-12(14(22)9-16(13)24)6-11-2-3-17-15(7-11)23-4-5-28-17/h2-3,7-9,18-21,23-27H,1,4-6H2/t18-,19+,20-,21+/m1/s1. The van der Waals surface area contributed by atoms with Crippen molar-refractivity contribution in [2.24, 2.45) is 0 Å². The fourth-order valence-electron chi connectivity index (χ4n) is 3.61. The van der Waals surface area contributed by atoms with Crippen molar-refractivity contribution >= 4 is 17.3 Å². The molecule has 0 spiro atoms. The minimum absolute atomic E-state index is 0.0792. The van der Waals surface area contributed by atoms with Gasteiger partial charge in [-0.1, -0.05) is 24.2 Å². The first-order valence-corrected chi connectivity index (χ1v) is 9.63. The Morgan fingerprint density at radius 3 is 2.72 bits per heavy atom. The van der Waals surface area contributed by atoms with E-state index in [0.717, 1.165) is 23.5 Å². The first kappa shape index (κ1) is 19.8. The maximum atomic E-state index is 10.4. The molecule has 2 aromatic rings. The fourth-order valence-corrected chi connectivity index (χ4v) is 3.84. The lowest BCUT2D eigenvalue weighted by Crippen LogP contribution is -2.47. The van der Waals surface area contributed by atoms with Crippen LogP contribution >= 0.6 is 11.6 Å². The molecule has 7 nitrogen and oxygen atoms in total. The molecule has 0 amide bonds. The summed E-state index contributed by atoms with van der Waals surface area (Å²) in [6, 6.07) is 8.81. The maximum absolute atomic E-state index is 10.4. The van der Waals surface area contributed by atoms with Gasteiger partial charge in [0.1, 0.15) is 42.2 Å². The van der Waals surface area contributed by atoms with Crippen molar-refractivity contribution in [1.29, 1.82) is 0 Å². The van der Waals surface area contributed by atoms with Crippen molar-refractivity contribution in [1.82, 2.24) is 0 Å². The highest BCUT2D eigenvalue weighted by Crippen LogP contribution is 2.40. The largest absolute Gasteiger partial charge is 0.507 e. The molecule has 0 saturated carbocycles. The monoisotopic (exact) mass is 419 g/mol. The molecule has 2 heterocycles. The van der Waals surface area contributed by atoms with Gasteiger partial charge >= 0.3 is 0 Å². The molecule has 0 bridgehead atoms. The highest BCUT2D eigenvalue weighted by Gasteiger charge is 2.42. The Labute approximate surface area is 172 Å². The summed E-state index contributed by atoms with van der Waals surface area (Å²) < 4.78 is 11.1. The minimum atomic E-state index is -1.48. The highest BCUT2D eigenvalue weighted by atomic mass is 35.5. The van der Waals surface area contributed by atoms with Crippen molar-refractivity contribution in [3.63, 3.8) is 0 Å². The molecule has 0 aliphatic carbocycles. The molecule has 2 aromatic carbocycles. The molecule has 5 N–H and O–H groups in total. The van der Waals surface area contributed by atoms with Crippen LogP contribution in [0.15, 0.2) is 42.7 Å². The summed E-state index contributed by atoms with van der Waals surface area (Å²) in [5.41, 5.74) is 2.84. The zero-order chi connectivity index (χ0) is 20.7. The van der Waals surface area contributed by atoms with Gasteiger partial charge in [0.2, 0.25) is 0 Å². The number of aliphatic hydroxyl groups excluding tert-OH is 3. The van der Waals surface area contributed by atoms with E-state index >= 15 is 0 Å². The number of nitrogens with one attached hydrogen (secondary N) is 1. The second-order valence-electron chi connectivity index (χ2n) is 7.22. The van der Waals surface area contributed by atoms with E-state index in [1.807, 2.05) is 18.2 Å². The van der Waals surface area contributed by atoms with Crippen LogP contribution in [-0.4, -0.2) is 51.9 Å². The van der Waals surface area contributed by atoms with Crippen LogP contribution in [0.2, 0.25) is 5.02 Å². The van der Waals surface area contributed by atoms with Crippen LogP contribution in [0, 0.1) is 0 Å². The Bertz CT molecular complexity index is 949. The van der Waals surface area contributed by atoms with E-state index in [9.17, 15) is 20.4 Å². The number of halogens is 1. The molecule has 0 radical (unpaired) electrons. The van der Waals surface area contributed by atoms with E-state index in [2.05, 4.69) is 11.9 Å². The summed E-state index contributed by atoms with van der Waals surface area (Å²) in [5, 5.41) is 44.2. The SMILES string of the molecule is C=C1O[C@@H](c2cc(Cc3ccc4c(c3)NCCO4)c(Cl)cc2O)[C@H](O)[C@@H](O)[C@@H]1O. The fraction of sp³-hybridized carbons (Fsp3) is 0.333. The molecule has 2 aliphatic rings. The molecule has 8 heteroatoms. The lowest BCUT2D eigenvalue weighted by Gasteiger charge is -2.37. The van der Waals surface area contributed by atoms with Gasteiger partial charge in [0, 0.05) is 17.1 Å². The second kappa shape index (κ2) is 7.76. The number of aliphatic hydroxyl groups is 3. The molecule has 4 rings (SSSR count). The van der Waals surface area contributed by atoms with Gasteiger partial charge in [0.25, 0.3) is 0 Å². The van der Waals surface area contributed by atoms with E-state index in [4.69, 9.17) is 21.1 Å². The zero-order valence-electron chi connectivity index (χ0n) is 15.5. The normalized spacial score (nSPS) is 26.1. The molecule has 4 atom stereocenters. The second-order valence-corrected chi connectivity index (χ2v) is 7.62. The number of anilines is 1. The molecule has 1 fully saturated rings. The molecule has 2 aliphatic heterocycles. The van der Waals surface area contributed by atoms with Gasteiger partial charge in [0.15, 0.2) is 6.10 Å². The summed E-state index contributed by atoms with van der Waals surface area (Å²) in [5.74, 6) is 0.534. The van der Waals surface area contributed by atoms with Crippen molar-refractivity contribution in [3.8, 4) is 11.5 Å². The topological polar surface area (TPSA) is 111 Å². The number of hydrogen-bond acceptors (Lipinski definition) is 7. The van der Waals surface area contributed by atoms with E-state index in [0.29, 0.717) is 23.6 Å². The summed E-state index contributed by atoms with van der Waals surface area (Å²) in [4.78, 5) is 0. The third-order valence-corrected chi connectivity index (χ3v) is 5.56. The third kappa shape index (κ3) is 3.74. The van der Waals surface area contributed by atoms with Crippen LogP contribution in [-0.2, 0) is 11.2 Å². The third-order valence-electron chi connectivity index (χ3n) is 5.21. The van der Waals surface area contributed by atoms with Gasteiger partial charge in [-0.05, 0) is 41.8 Å². The van der Waals surface area contributed by atoms with Crippen LogP contribution in [0.25, 0.3) is 0 Å². The van der Waals surface area contributed by atoms with E-state index < -0.39 is 24.4 Å². The number of fused-ring (bicyclic) bond motifs is 1. The summed E-state index contributed by atoms with van der Waals surface area (Å²) in [6.07, 6.45) is -4.95. The van der Waals surface area contributed by atoms with Crippen LogP contribution < -0.4 is 10.1 Å². The van der Waals surface area contributed by atoms with Gasteiger partial charge in [-0.3, -0.25) is 0 Å². The number of benzene rings is 2. The molecule has 29 heavy (non-hydrogen) atoms. The molecular weight excluding hydrogens is 398 g/mol. The van der Waals surface area contributed by atoms with E-state index in [-0.39, 0.29) is 17.1 Å². The first-order valence-electron chi connectivity index (χ1n) is 9.25. The number of ether oxygens (including phenoxy) is 2. The molecule has 0 unspecified atom stereocenters. The lowest BCUT2D eigenvalue weighted by atomic mass is 9.91. The number of phenolic OH excluding ortho intramolecular Hbond substituents is 1. The number of rotatable bonds is 3. The van der Waals surface area contributed by atoms with Crippen LogP contribution in [0.1, 0.15) is 22.8 Å². The lowest BCUT2D eigenvalue weighted by molar-refractivity contribution is -0.157. The Hall–Kier alpha value is -2.45. The van der Waals surface area contributed by atoms with Crippen molar-refractivity contribution < 1.29 is 29.9 Å². The van der Waals surface area contributed by atoms with Crippen LogP contribution in [0.4, 0.5) is 5.69 Å². The van der Waals surface area contributed by atoms with E-state index in [1.165, 1.54) is 6.07 Å². The Balaban J connectivity index is 1.65. The molecule has 1 saturated heterocycles. The molecule has 154 valence electrons. The summed E-state index contributed by atoms with van der Waals surface area (Å²) in [7, 11) is 0. The Morgan fingerprint density at radius 1 is 1.14 bits per heavy atom. The highest BCUT2D eigenvalue weighted by molar-refractivity contribution is 6.31. The first-order chi connectivity index (χ1) is 13.8. The summed E-state index contributed by atoms with van der Waals surface area (Å²) in [6.45, 7) is 4.92. The van der Waals surface area contributed by atoms with Crippen LogP contribution in [0.5, 0.6) is 11.5 Å². The number of phenols is 1. The van der Waals surface area contributed by atoms with Crippen LogP contribution in [0.3, 0.4) is 0 Å². The quantitative estimate of drug-likeness (QED) is 0.518.